The average Bonchev–Trinajstić information content (AvgIpc) is 2.74. The number of rotatable bonds is 7. The molecular formula is C21H26N2O4S. The maximum Gasteiger partial charge on any atom is 0.260 e. The van der Waals surface area contributed by atoms with Crippen molar-refractivity contribution < 1.29 is 17.9 Å². The number of hydrogen-bond acceptors (Lipinski definition) is 4. The van der Waals surface area contributed by atoms with Crippen molar-refractivity contribution in [2.75, 3.05) is 32.8 Å². The fourth-order valence-electron chi connectivity index (χ4n) is 3.20. The fraction of sp³-hybridized carbons (Fsp3) is 0.381. The van der Waals surface area contributed by atoms with E-state index in [0.717, 1.165) is 12.8 Å². The number of benzene rings is 2. The minimum absolute atomic E-state index is 0.0431. The molecule has 1 aliphatic heterocycles. The van der Waals surface area contributed by atoms with Gasteiger partial charge < -0.3 is 9.64 Å². The first kappa shape index (κ1) is 20.4. The normalized spacial score (nSPS) is 15.4. The van der Waals surface area contributed by atoms with Crippen LogP contribution in [-0.4, -0.2) is 56.3 Å². The van der Waals surface area contributed by atoms with Gasteiger partial charge in [-0.3, -0.25) is 4.79 Å². The van der Waals surface area contributed by atoms with E-state index in [2.05, 4.69) is 6.92 Å². The second-order valence-electron chi connectivity index (χ2n) is 6.78. The highest BCUT2D eigenvalue weighted by atomic mass is 32.2. The smallest absolute Gasteiger partial charge is 0.260 e. The van der Waals surface area contributed by atoms with Crippen LogP contribution in [0.2, 0.25) is 0 Å². The van der Waals surface area contributed by atoms with Crippen LogP contribution in [-0.2, 0) is 21.2 Å². The molecule has 2 aromatic rings. The first-order valence-electron chi connectivity index (χ1n) is 9.55. The number of carbonyl (C=O) groups excluding carboxylic acids is 1. The van der Waals surface area contributed by atoms with Crippen molar-refractivity contribution >= 4 is 15.9 Å². The maximum atomic E-state index is 12.6. The average molecular weight is 403 g/mol. The van der Waals surface area contributed by atoms with Crippen LogP contribution in [0.5, 0.6) is 5.75 Å². The van der Waals surface area contributed by atoms with Gasteiger partial charge in [-0.25, -0.2) is 8.42 Å². The van der Waals surface area contributed by atoms with Crippen molar-refractivity contribution in [2.24, 2.45) is 0 Å². The quantitative estimate of drug-likeness (QED) is 0.714. The minimum atomic E-state index is -3.51. The molecule has 1 amide bonds. The molecule has 1 aliphatic rings. The summed E-state index contributed by atoms with van der Waals surface area (Å²) in [4.78, 5) is 14.3. The lowest BCUT2D eigenvalue weighted by atomic mass is 10.1. The van der Waals surface area contributed by atoms with Crippen LogP contribution in [0.15, 0.2) is 59.5 Å². The molecule has 0 saturated carbocycles. The molecule has 7 heteroatoms. The zero-order chi connectivity index (χ0) is 20.0. The SMILES string of the molecule is CCCc1ccc(OCC(=O)N2CCN(S(=O)(=O)c3ccccc3)CC2)cc1. The Hall–Kier alpha value is -2.38. The van der Waals surface area contributed by atoms with E-state index in [0.29, 0.717) is 18.8 Å². The van der Waals surface area contributed by atoms with Gasteiger partial charge in [0.25, 0.3) is 5.91 Å². The number of amides is 1. The molecule has 0 N–H and O–H groups in total. The second-order valence-corrected chi connectivity index (χ2v) is 8.72. The van der Waals surface area contributed by atoms with Gasteiger partial charge in [0.1, 0.15) is 5.75 Å². The minimum Gasteiger partial charge on any atom is -0.484 e. The first-order valence-corrected chi connectivity index (χ1v) is 11.0. The maximum absolute atomic E-state index is 12.6. The highest BCUT2D eigenvalue weighted by Crippen LogP contribution is 2.18. The Morgan fingerprint density at radius 3 is 2.21 bits per heavy atom. The monoisotopic (exact) mass is 402 g/mol. The van der Waals surface area contributed by atoms with E-state index < -0.39 is 10.0 Å². The van der Waals surface area contributed by atoms with Crippen LogP contribution in [0.1, 0.15) is 18.9 Å². The van der Waals surface area contributed by atoms with Crippen molar-refractivity contribution in [1.29, 1.82) is 0 Å². The second kappa shape index (κ2) is 9.21. The van der Waals surface area contributed by atoms with Crippen LogP contribution in [0.25, 0.3) is 0 Å². The zero-order valence-electron chi connectivity index (χ0n) is 16.1. The third-order valence-corrected chi connectivity index (χ3v) is 6.71. The predicted octanol–water partition coefficient (Wildman–Crippen LogP) is 2.55. The highest BCUT2D eigenvalue weighted by molar-refractivity contribution is 7.89. The Bertz CT molecular complexity index is 874. The number of nitrogens with zero attached hydrogens (tertiary/aromatic N) is 2. The highest BCUT2D eigenvalue weighted by Gasteiger charge is 2.30. The summed E-state index contributed by atoms with van der Waals surface area (Å²) in [5.74, 6) is 0.535. The number of hydrogen-bond donors (Lipinski definition) is 0. The van der Waals surface area contributed by atoms with E-state index in [1.54, 1.807) is 35.2 Å². The number of carbonyl (C=O) groups is 1. The van der Waals surface area contributed by atoms with Gasteiger partial charge in [-0.05, 0) is 36.2 Å². The van der Waals surface area contributed by atoms with Crippen molar-refractivity contribution in [3.63, 3.8) is 0 Å². The third-order valence-electron chi connectivity index (χ3n) is 4.80. The first-order chi connectivity index (χ1) is 13.5. The number of piperazine rings is 1. The van der Waals surface area contributed by atoms with Crippen LogP contribution >= 0.6 is 0 Å². The Morgan fingerprint density at radius 2 is 1.61 bits per heavy atom. The van der Waals surface area contributed by atoms with Crippen molar-refractivity contribution in [3.05, 3.63) is 60.2 Å². The molecule has 2 aromatic carbocycles. The summed E-state index contributed by atoms with van der Waals surface area (Å²) in [5, 5.41) is 0. The summed E-state index contributed by atoms with van der Waals surface area (Å²) in [6.07, 6.45) is 2.11. The Balaban J connectivity index is 1.50. The molecule has 0 unspecified atom stereocenters. The van der Waals surface area contributed by atoms with Gasteiger partial charge in [-0.1, -0.05) is 43.7 Å². The summed E-state index contributed by atoms with van der Waals surface area (Å²) in [6, 6.07) is 16.2. The molecule has 0 bridgehead atoms. The van der Waals surface area contributed by atoms with Gasteiger partial charge in [-0.2, -0.15) is 4.31 Å². The van der Waals surface area contributed by atoms with Gasteiger partial charge in [0.05, 0.1) is 4.90 Å². The van der Waals surface area contributed by atoms with Crippen LogP contribution in [0.3, 0.4) is 0 Å². The standard InChI is InChI=1S/C21H26N2O4S/c1-2-6-18-9-11-19(12-10-18)27-17-21(24)22-13-15-23(16-14-22)28(25,26)20-7-4-3-5-8-20/h3-5,7-12H,2,6,13-17H2,1H3. The molecular weight excluding hydrogens is 376 g/mol. The summed E-state index contributed by atoms with van der Waals surface area (Å²) in [7, 11) is -3.51. The Kier molecular flexibility index (Phi) is 6.70. The number of ether oxygens (including phenoxy) is 1. The summed E-state index contributed by atoms with van der Waals surface area (Å²) in [5.41, 5.74) is 1.25. The Labute approximate surface area is 166 Å². The van der Waals surface area contributed by atoms with Gasteiger partial charge in [0.15, 0.2) is 6.61 Å². The van der Waals surface area contributed by atoms with E-state index in [4.69, 9.17) is 4.74 Å². The molecule has 1 heterocycles. The summed E-state index contributed by atoms with van der Waals surface area (Å²) in [6.45, 7) is 3.39. The molecule has 0 radical (unpaired) electrons. The Morgan fingerprint density at radius 1 is 0.964 bits per heavy atom. The van der Waals surface area contributed by atoms with E-state index in [1.165, 1.54) is 9.87 Å². The van der Waals surface area contributed by atoms with Crippen LogP contribution in [0.4, 0.5) is 0 Å². The lowest BCUT2D eigenvalue weighted by Crippen LogP contribution is -2.51. The van der Waals surface area contributed by atoms with Gasteiger partial charge in [0, 0.05) is 26.2 Å². The molecule has 6 nitrogen and oxygen atoms in total. The number of sulfonamides is 1. The van der Waals surface area contributed by atoms with Crippen molar-refractivity contribution in [2.45, 2.75) is 24.7 Å². The van der Waals surface area contributed by atoms with Gasteiger partial charge in [0.2, 0.25) is 10.0 Å². The molecule has 0 aromatic heterocycles. The molecule has 1 saturated heterocycles. The molecule has 28 heavy (non-hydrogen) atoms. The molecule has 150 valence electrons. The van der Waals surface area contributed by atoms with E-state index in [-0.39, 0.29) is 30.5 Å². The largest absolute Gasteiger partial charge is 0.484 e. The summed E-state index contributed by atoms with van der Waals surface area (Å²) >= 11 is 0. The lowest BCUT2D eigenvalue weighted by molar-refractivity contribution is -0.134. The molecule has 0 spiro atoms. The van der Waals surface area contributed by atoms with Gasteiger partial charge >= 0.3 is 0 Å². The lowest BCUT2D eigenvalue weighted by Gasteiger charge is -2.33. The van der Waals surface area contributed by atoms with E-state index in [1.807, 2.05) is 24.3 Å². The van der Waals surface area contributed by atoms with Crippen LogP contribution in [0, 0.1) is 0 Å². The van der Waals surface area contributed by atoms with E-state index in [9.17, 15) is 13.2 Å². The molecule has 0 atom stereocenters. The van der Waals surface area contributed by atoms with Gasteiger partial charge in [-0.15, -0.1) is 0 Å². The zero-order valence-corrected chi connectivity index (χ0v) is 16.9. The molecule has 3 rings (SSSR count). The van der Waals surface area contributed by atoms with E-state index >= 15 is 0 Å². The third kappa shape index (κ3) is 4.91. The van der Waals surface area contributed by atoms with Crippen molar-refractivity contribution in [1.82, 2.24) is 9.21 Å². The fourth-order valence-corrected chi connectivity index (χ4v) is 4.64. The van der Waals surface area contributed by atoms with Crippen LogP contribution < -0.4 is 4.74 Å². The molecule has 1 fully saturated rings. The summed E-state index contributed by atoms with van der Waals surface area (Å²) < 4.78 is 32.3. The predicted molar refractivity (Wildman–Crippen MR) is 108 cm³/mol. The topological polar surface area (TPSA) is 66.9 Å². The van der Waals surface area contributed by atoms with Crippen molar-refractivity contribution in [3.8, 4) is 5.75 Å². The number of aryl methyl sites for hydroxylation is 1. The molecule has 0 aliphatic carbocycles.